The number of benzene rings is 2. The van der Waals surface area contributed by atoms with E-state index in [4.69, 9.17) is 16.3 Å². The number of carbonyl (C=O) groups is 1. The summed E-state index contributed by atoms with van der Waals surface area (Å²) in [5.74, 6) is 1.08. The average Bonchev–Trinajstić information content (AvgIpc) is 3.41. The zero-order chi connectivity index (χ0) is 36.1. The number of ether oxygens (including phenoxy) is 1. The molecule has 1 amide bonds. The molecule has 8 nitrogen and oxygen atoms in total. The first kappa shape index (κ1) is 36.8. The molecule has 3 N–H and O–H groups in total. The van der Waals surface area contributed by atoms with Gasteiger partial charge in [-0.1, -0.05) is 36.7 Å². The third kappa shape index (κ3) is 7.48. The van der Waals surface area contributed by atoms with Crippen LogP contribution in [0.3, 0.4) is 0 Å². The van der Waals surface area contributed by atoms with Gasteiger partial charge < -0.3 is 30.1 Å². The first-order valence-corrected chi connectivity index (χ1v) is 19.2. The van der Waals surface area contributed by atoms with Crippen LogP contribution in [0.5, 0.6) is 5.75 Å². The monoisotopic (exact) mass is 732 g/mol. The van der Waals surface area contributed by atoms with E-state index in [-0.39, 0.29) is 23.3 Å². The second kappa shape index (κ2) is 14.7. The molecule has 6 atom stereocenters. The summed E-state index contributed by atoms with van der Waals surface area (Å²) in [6.45, 7) is 6.57. The van der Waals surface area contributed by atoms with Crippen LogP contribution < -0.4 is 5.32 Å². The number of aliphatic hydroxyl groups is 1. The van der Waals surface area contributed by atoms with Crippen molar-refractivity contribution in [3.05, 3.63) is 58.1 Å². The van der Waals surface area contributed by atoms with Crippen LogP contribution in [0.2, 0.25) is 5.02 Å². The fourth-order valence-corrected chi connectivity index (χ4v) is 10.5. The van der Waals surface area contributed by atoms with Gasteiger partial charge in [-0.2, -0.15) is 13.2 Å². The van der Waals surface area contributed by atoms with E-state index in [0.717, 1.165) is 62.9 Å². The molecule has 3 saturated heterocycles. The van der Waals surface area contributed by atoms with E-state index >= 15 is 0 Å². The zero-order valence-electron chi connectivity index (χ0n) is 29.7. The number of aromatic hydroxyl groups is 1. The number of anilines is 1. The lowest BCUT2D eigenvalue weighted by molar-refractivity contribution is -0.226. The van der Waals surface area contributed by atoms with Crippen LogP contribution in [-0.2, 0) is 27.5 Å². The molecule has 4 aliphatic heterocycles. The number of fused-ring (bicyclic) bond motifs is 4. The quantitative estimate of drug-likeness (QED) is 0.260. The lowest BCUT2D eigenvalue weighted by Crippen LogP contribution is -2.53. The van der Waals surface area contributed by atoms with E-state index in [1.165, 1.54) is 30.9 Å². The molecule has 1 spiro atoms. The maximum Gasteiger partial charge on any atom is 0.420 e. The van der Waals surface area contributed by atoms with Gasteiger partial charge in [0.15, 0.2) is 0 Å². The molecule has 2 bridgehead atoms. The van der Waals surface area contributed by atoms with Gasteiger partial charge in [0, 0.05) is 62.8 Å². The Bertz CT molecular complexity index is 1560. The maximum absolute atomic E-state index is 14.2. The van der Waals surface area contributed by atoms with Crippen LogP contribution >= 0.6 is 11.6 Å². The van der Waals surface area contributed by atoms with Crippen molar-refractivity contribution >= 4 is 23.2 Å². The van der Waals surface area contributed by atoms with Gasteiger partial charge >= 0.3 is 6.18 Å². The third-order valence-electron chi connectivity index (χ3n) is 13.3. The van der Waals surface area contributed by atoms with Gasteiger partial charge in [0.25, 0.3) is 5.91 Å². The second-order valence-corrected chi connectivity index (χ2v) is 16.4. The molecule has 4 fully saturated rings. The summed E-state index contributed by atoms with van der Waals surface area (Å²) < 4.78 is 47.6. The van der Waals surface area contributed by atoms with Gasteiger partial charge in [-0.05, 0) is 111 Å². The third-order valence-corrected chi connectivity index (χ3v) is 13.6. The number of piperidine rings is 2. The van der Waals surface area contributed by atoms with Crippen molar-refractivity contribution in [1.29, 1.82) is 0 Å². The lowest BCUT2D eigenvalue weighted by atomic mass is 9.68. The fraction of sp³-hybridized carbons (Fsp3) is 0.667. The fourth-order valence-electron chi connectivity index (χ4n) is 10.3. The first-order valence-electron chi connectivity index (χ1n) is 18.8. The van der Waals surface area contributed by atoms with E-state index in [0.29, 0.717) is 50.0 Å². The number of nitrogens with one attached hydrogen (secondary N) is 1. The Balaban J connectivity index is 1.04. The topological polar surface area (TPSA) is 88.5 Å². The molecule has 0 radical (unpaired) electrons. The molecule has 12 heteroatoms. The molecular weight excluding hydrogens is 681 g/mol. The summed E-state index contributed by atoms with van der Waals surface area (Å²) >= 11 is 6.06. The summed E-state index contributed by atoms with van der Waals surface area (Å²) in [5.41, 5.74) is 1.24. The normalized spacial score (nSPS) is 27.5. The van der Waals surface area contributed by atoms with Crippen LogP contribution in [0.4, 0.5) is 18.9 Å². The molecule has 7 rings (SSSR count). The van der Waals surface area contributed by atoms with Crippen molar-refractivity contribution in [2.75, 3.05) is 51.6 Å². The summed E-state index contributed by atoms with van der Waals surface area (Å²) in [6.07, 6.45) is 0.361. The minimum atomic E-state index is -4.84. The number of likely N-dealkylation sites (tertiary alicyclic amines) is 3. The van der Waals surface area contributed by atoms with Gasteiger partial charge in [0.05, 0.1) is 10.6 Å². The smallest absolute Gasteiger partial charge is 0.420 e. The Morgan fingerprint density at radius 3 is 2.53 bits per heavy atom. The molecule has 2 aromatic carbocycles. The largest absolute Gasteiger partial charge is 0.506 e. The van der Waals surface area contributed by atoms with E-state index in [1.807, 2.05) is 11.0 Å². The van der Waals surface area contributed by atoms with Gasteiger partial charge in [-0.3, -0.25) is 9.69 Å². The number of phenols is 1. The van der Waals surface area contributed by atoms with E-state index in [9.17, 15) is 28.2 Å². The number of phenolic OH excluding ortho intramolecular Hbond substituents is 1. The highest BCUT2D eigenvalue weighted by molar-refractivity contribution is 6.32. The van der Waals surface area contributed by atoms with Crippen molar-refractivity contribution in [2.45, 2.75) is 94.9 Å². The van der Waals surface area contributed by atoms with Gasteiger partial charge in [-0.15, -0.1) is 0 Å². The number of hydrogen-bond donors (Lipinski definition) is 3. The number of nitrogens with zero attached hydrogens (tertiary/aromatic N) is 3. The highest BCUT2D eigenvalue weighted by atomic mass is 35.5. The minimum absolute atomic E-state index is 0.0153. The summed E-state index contributed by atoms with van der Waals surface area (Å²) in [7, 11) is 2.24. The zero-order valence-corrected chi connectivity index (χ0v) is 30.4. The highest BCUT2D eigenvalue weighted by Gasteiger charge is 2.45. The second-order valence-electron chi connectivity index (χ2n) is 16.0. The summed E-state index contributed by atoms with van der Waals surface area (Å²) in [5, 5.41) is 24.6. The van der Waals surface area contributed by atoms with Crippen LogP contribution in [0.15, 0.2) is 36.4 Å². The molecule has 5 unspecified atom stereocenters. The van der Waals surface area contributed by atoms with E-state index in [2.05, 4.69) is 42.4 Å². The molecule has 1 aliphatic carbocycles. The van der Waals surface area contributed by atoms with Crippen molar-refractivity contribution in [3.8, 4) is 5.75 Å². The van der Waals surface area contributed by atoms with Crippen molar-refractivity contribution in [3.63, 3.8) is 0 Å². The molecule has 4 heterocycles. The predicted molar refractivity (Wildman–Crippen MR) is 190 cm³/mol. The van der Waals surface area contributed by atoms with Crippen molar-refractivity contribution < 1.29 is 32.9 Å². The molecular formula is C39H52ClF3N4O4. The standard InChI is InChI=1S/C39H52ClF3N4O4/c1-24(29-8-7-28-22-27(29)23-45(28)2)26-9-15-46(16-10-26)36(49)34(21-25-19-31(39(41,42)43)35(48)32(40)20-25)51-37(50)47-17-12-38(13-18-47)11-14-44-33-6-4-3-5-30(33)38/h3-6,19-20,24,26-29,34,37,44,48,50H,7-18,21-23H2,1-2H3/t24?,27?,28?,29?,34-,37?/m1/s1. The number of aliphatic hydroxyl groups excluding tert-OH is 1. The Hall–Kier alpha value is -2.57. The number of hydrogen-bond acceptors (Lipinski definition) is 7. The highest BCUT2D eigenvalue weighted by Crippen LogP contribution is 2.47. The number of halogens is 4. The maximum atomic E-state index is 14.2. The number of rotatable bonds is 8. The Kier molecular flexibility index (Phi) is 10.6. The van der Waals surface area contributed by atoms with Crippen molar-refractivity contribution in [1.82, 2.24) is 14.7 Å². The van der Waals surface area contributed by atoms with Gasteiger partial charge in [0.2, 0.25) is 6.41 Å². The minimum Gasteiger partial charge on any atom is -0.506 e. The van der Waals surface area contributed by atoms with Crippen LogP contribution in [-0.4, -0.2) is 95.7 Å². The summed E-state index contributed by atoms with van der Waals surface area (Å²) in [6, 6.07) is 11.1. The number of carbonyl (C=O) groups excluding carboxylic acids is 1. The number of amides is 1. The van der Waals surface area contributed by atoms with E-state index < -0.39 is 35.0 Å². The van der Waals surface area contributed by atoms with Crippen LogP contribution in [0.25, 0.3) is 0 Å². The number of alkyl halides is 3. The average molecular weight is 733 g/mol. The van der Waals surface area contributed by atoms with Crippen molar-refractivity contribution in [2.24, 2.45) is 23.7 Å². The molecule has 51 heavy (non-hydrogen) atoms. The van der Waals surface area contributed by atoms with E-state index in [1.54, 1.807) is 4.90 Å². The number of para-hydroxylation sites is 1. The molecule has 280 valence electrons. The predicted octanol–water partition coefficient (Wildman–Crippen LogP) is 6.72. The Morgan fingerprint density at radius 2 is 1.80 bits per heavy atom. The van der Waals surface area contributed by atoms with Gasteiger partial charge in [-0.25, -0.2) is 0 Å². The Morgan fingerprint density at radius 1 is 1.08 bits per heavy atom. The molecule has 2 aromatic rings. The Labute approximate surface area is 304 Å². The van der Waals surface area contributed by atoms with Crippen LogP contribution in [0, 0.1) is 23.7 Å². The lowest BCUT2D eigenvalue weighted by Gasteiger charge is -2.46. The van der Waals surface area contributed by atoms with Gasteiger partial charge in [0.1, 0.15) is 11.9 Å². The molecule has 5 aliphatic rings. The first-order chi connectivity index (χ1) is 24.3. The SMILES string of the molecule is CC(C1CCN(C(=O)[C@@H](Cc2cc(Cl)c(O)c(C(F)(F)F)c2)OC(O)N2CCC3(CCNc4ccccc43)CC2)CC1)C1CCC2CC1CN2C. The molecule has 0 aromatic heterocycles. The van der Waals surface area contributed by atoms with Crippen LogP contribution in [0.1, 0.15) is 75.0 Å². The summed E-state index contributed by atoms with van der Waals surface area (Å²) in [4.78, 5) is 20.3. The molecule has 1 saturated carbocycles.